The normalized spacial score (nSPS) is 12.2. The molecule has 0 radical (unpaired) electrons. The Morgan fingerprint density at radius 3 is 2.38 bits per heavy atom. The molecule has 0 spiro atoms. The number of carbonyl (C=O) groups excluding carboxylic acids is 2. The van der Waals surface area contributed by atoms with Crippen LogP contribution in [0.4, 0.5) is 18.9 Å². The molecule has 0 fully saturated rings. The smallest absolute Gasteiger partial charge is 0.370 e. The molecular formula is C11H12Cl2F3N3O2. The minimum atomic E-state index is -4.65. The molecule has 21 heavy (non-hydrogen) atoms. The van der Waals surface area contributed by atoms with Gasteiger partial charge in [0.25, 0.3) is 0 Å². The van der Waals surface area contributed by atoms with E-state index in [4.69, 9.17) is 23.1 Å². The van der Waals surface area contributed by atoms with E-state index in [2.05, 4.69) is 5.32 Å². The molecule has 10 heteroatoms. The van der Waals surface area contributed by atoms with Gasteiger partial charge < -0.3 is 16.8 Å². The molecule has 0 aliphatic heterocycles. The van der Waals surface area contributed by atoms with Crippen LogP contribution in [-0.4, -0.2) is 17.9 Å². The summed E-state index contributed by atoms with van der Waals surface area (Å²) in [6, 6.07) is 1.63. The first kappa shape index (κ1) is 19.5. The Morgan fingerprint density at radius 1 is 1.33 bits per heavy atom. The SMILES string of the molecule is Cl.NC(=O)CC(N)C(=O)Nc1ccc(Cl)c(C(F)(F)F)c1. The minimum Gasteiger partial charge on any atom is -0.370 e. The lowest BCUT2D eigenvalue weighted by Crippen LogP contribution is -2.39. The predicted octanol–water partition coefficient (Wildman–Crippen LogP) is 1.92. The maximum absolute atomic E-state index is 12.6. The molecule has 5 N–H and O–H groups in total. The Bertz CT molecular complexity index is 538. The lowest BCUT2D eigenvalue weighted by atomic mass is 10.1. The molecule has 0 saturated carbocycles. The number of alkyl halides is 3. The van der Waals surface area contributed by atoms with E-state index >= 15 is 0 Å². The van der Waals surface area contributed by atoms with Crippen LogP contribution in [0.1, 0.15) is 12.0 Å². The molecule has 1 atom stereocenters. The molecule has 0 heterocycles. The molecule has 0 aliphatic rings. The lowest BCUT2D eigenvalue weighted by molar-refractivity contribution is -0.137. The monoisotopic (exact) mass is 345 g/mol. The molecule has 0 bridgehead atoms. The molecule has 2 amide bonds. The minimum absolute atomic E-state index is 0. The summed E-state index contributed by atoms with van der Waals surface area (Å²) in [5.41, 5.74) is 9.00. The number of hydrogen-bond donors (Lipinski definition) is 3. The van der Waals surface area contributed by atoms with Crippen LogP contribution in [-0.2, 0) is 15.8 Å². The van der Waals surface area contributed by atoms with Crippen molar-refractivity contribution in [2.24, 2.45) is 11.5 Å². The van der Waals surface area contributed by atoms with Crippen molar-refractivity contribution in [1.82, 2.24) is 0 Å². The fraction of sp³-hybridized carbons (Fsp3) is 0.273. The molecule has 0 aliphatic carbocycles. The highest BCUT2D eigenvalue weighted by molar-refractivity contribution is 6.31. The van der Waals surface area contributed by atoms with Crippen LogP contribution in [0.2, 0.25) is 5.02 Å². The van der Waals surface area contributed by atoms with Crippen LogP contribution in [0.15, 0.2) is 18.2 Å². The number of carbonyl (C=O) groups is 2. The summed E-state index contributed by atoms with van der Waals surface area (Å²) in [6.45, 7) is 0. The number of rotatable bonds is 4. The van der Waals surface area contributed by atoms with Gasteiger partial charge in [-0.05, 0) is 18.2 Å². The zero-order chi connectivity index (χ0) is 15.5. The summed E-state index contributed by atoms with van der Waals surface area (Å²) in [4.78, 5) is 22.1. The van der Waals surface area contributed by atoms with Crippen molar-refractivity contribution in [1.29, 1.82) is 0 Å². The van der Waals surface area contributed by atoms with Gasteiger partial charge in [0.05, 0.1) is 23.0 Å². The fourth-order valence-corrected chi connectivity index (χ4v) is 1.59. The van der Waals surface area contributed by atoms with Gasteiger partial charge >= 0.3 is 6.18 Å². The van der Waals surface area contributed by atoms with E-state index in [1.54, 1.807) is 0 Å². The van der Waals surface area contributed by atoms with E-state index < -0.39 is 41.0 Å². The molecule has 1 aromatic carbocycles. The van der Waals surface area contributed by atoms with Gasteiger partial charge in [-0.25, -0.2) is 0 Å². The lowest BCUT2D eigenvalue weighted by Gasteiger charge is -2.13. The third-order valence-electron chi connectivity index (χ3n) is 2.30. The number of anilines is 1. The Hall–Kier alpha value is -1.51. The zero-order valence-corrected chi connectivity index (χ0v) is 12.0. The Kier molecular flexibility index (Phi) is 6.95. The van der Waals surface area contributed by atoms with E-state index in [-0.39, 0.29) is 18.1 Å². The first-order valence-electron chi connectivity index (χ1n) is 5.32. The van der Waals surface area contributed by atoms with Gasteiger partial charge in [-0.3, -0.25) is 9.59 Å². The third-order valence-corrected chi connectivity index (χ3v) is 2.63. The number of hydrogen-bond acceptors (Lipinski definition) is 3. The van der Waals surface area contributed by atoms with E-state index in [1.165, 1.54) is 6.07 Å². The van der Waals surface area contributed by atoms with Crippen molar-refractivity contribution in [3.05, 3.63) is 28.8 Å². The summed E-state index contributed by atoms with van der Waals surface area (Å²) < 4.78 is 37.8. The van der Waals surface area contributed by atoms with Crippen LogP contribution in [0, 0.1) is 0 Å². The molecule has 0 saturated heterocycles. The molecule has 5 nitrogen and oxygen atoms in total. The topological polar surface area (TPSA) is 98.2 Å². The predicted molar refractivity (Wildman–Crippen MR) is 74.1 cm³/mol. The second kappa shape index (κ2) is 7.48. The Labute approximate surface area is 129 Å². The highest BCUT2D eigenvalue weighted by atomic mass is 35.5. The van der Waals surface area contributed by atoms with Crippen LogP contribution in [0.3, 0.4) is 0 Å². The maximum atomic E-state index is 12.6. The average Bonchev–Trinajstić information content (AvgIpc) is 2.29. The van der Waals surface area contributed by atoms with Crippen LogP contribution in [0.25, 0.3) is 0 Å². The quantitative estimate of drug-likeness (QED) is 0.777. The molecule has 1 aromatic rings. The van der Waals surface area contributed by atoms with Crippen molar-refractivity contribution in [2.75, 3.05) is 5.32 Å². The molecule has 1 unspecified atom stereocenters. The van der Waals surface area contributed by atoms with Crippen molar-refractivity contribution in [2.45, 2.75) is 18.6 Å². The van der Waals surface area contributed by atoms with Gasteiger partial charge in [0, 0.05) is 5.69 Å². The van der Waals surface area contributed by atoms with E-state index in [9.17, 15) is 22.8 Å². The van der Waals surface area contributed by atoms with Gasteiger partial charge in [0.15, 0.2) is 0 Å². The Balaban J connectivity index is 0.00000400. The van der Waals surface area contributed by atoms with Gasteiger partial charge in [0.1, 0.15) is 0 Å². The highest BCUT2D eigenvalue weighted by Crippen LogP contribution is 2.36. The standard InChI is InChI=1S/C11H11ClF3N3O2.ClH/c12-7-2-1-5(3-6(7)11(13,14)15)18-10(20)8(16)4-9(17)19;/h1-3,8H,4,16H2,(H2,17,19)(H,18,20);1H. The summed E-state index contributed by atoms with van der Waals surface area (Å²) in [6.07, 6.45) is -5.06. The summed E-state index contributed by atoms with van der Waals surface area (Å²) in [5.74, 6) is -1.61. The number of nitrogens with one attached hydrogen (secondary N) is 1. The first-order chi connectivity index (χ1) is 9.11. The van der Waals surface area contributed by atoms with Crippen molar-refractivity contribution >= 4 is 41.5 Å². The van der Waals surface area contributed by atoms with Gasteiger partial charge in [0.2, 0.25) is 11.8 Å². The van der Waals surface area contributed by atoms with E-state index in [0.717, 1.165) is 6.07 Å². The zero-order valence-electron chi connectivity index (χ0n) is 10.4. The average molecular weight is 346 g/mol. The second-order valence-electron chi connectivity index (χ2n) is 3.96. The third kappa shape index (κ3) is 5.78. The largest absolute Gasteiger partial charge is 0.417 e. The van der Waals surface area contributed by atoms with Crippen molar-refractivity contribution in [3.63, 3.8) is 0 Å². The highest BCUT2D eigenvalue weighted by Gasteiger charge is 2.33. The summed E-state index contributed by atoms with van der Waals surface area (Å²) >= 11 is 5.43. The summed E-state index contributed by atoms with van der Waals surface area (Å²) in [7, 11) is 0. The van der Waals surface area contributed by atoms with E-state index in [1.807, 2.05) is 0 Å². The van der Waals surface area contributed by atoms with Crippen molar-refractivity contribution < 1.29 is 22.8 Å². The van der Waals surface area contributed by atoms with E-state index in [0.29, 0.717) is 6.07 Å². The van der Waals surface area contributed by atoms with Gasteiger partial charge in [-0.15, -0.1) is 12.4 Å². The molecule has 0 aromatic heterocycles. The Morgan fingerprint density at radius 2 is 1.90 bits per heavy atom. The molecular weight excluding hydrogens is 334 g/mol. The van der Waals surface area contributed by atoms with Crippen LogP contribution >= 0.6 is 24.0 Å². The van der Waals surface area contributed by atoms with Crippen LogP contribution in [0.5, 0.6) is 0 Å². The second-order valence-corrected chi connectivity index (χ2v) is 4.37. The van der Waals surface area contributed by atoms with Gasteiger partial charge in [-0.2, -0.15) is 13.2 Å². The maximum Gasteiger partial charge on any atom is 0.417 e. The number of benzene rings is 1. The van der Waals surface area contributed by atoms with Gasteiger partial charge in [-0.1, -0.05) is 11.6 Å². The number of amides is 2. The number of halogens is 5. The van der Waals surface area contributed by atoms with Crippen LogP contribution < -0.4 is 16.8 Å². The van der Waals surface area contributed by atoms with Crippen molar-refractivity contribution in [3.8, 4) is 0 Å². The fourth-order valence-electron chi connectivity index (χ4n) is 1.36. The first-order valence-corrected chi connectivity index (χ1v) is 5.70. The summed E-state index contributed by atoms with van der Waals surface area (Å²) in [5, 5.41) is 1.67. The number of nitrogens with two attached hydrogens (primary N) is 2. The number of primary amides is 1. The molecule has 1 rings (SSSR count). The molecule has 118 valence electrons.